The summed E-state index contributed by atoms with van der Waals surface area (Å²) in [6, 6.07) is 0. The first-order valence-electron chi connectivity index (χ1n) is 5.16. The lowest BCUT2D eigenvalue weighted by Crippen LogP contribution is -2.07. The number of unbranched alkanes of at least 4 members (excludes halogenated alkanes) is 1. The Morgan fingerprint density at radius 3 is 2.64 bits per heavy atom. The summed E-state index contributed by atoms with van der Waals surface area (Å²) in [5.41, 5.74) is 0. The van der Waals surface area contributed by atoms with E-state index in [2.05, 4.69) is 20.4 Å². The molecule has 0 saturated heterocycles. The van der Waals surface area contributed by atoms with Crippen LogP contribution >= 0.6 is 7.60 Å². The Labute approximate surface area is 86.7 Å². The van der Waals surface area contributed by atoms with E-state index in [1.54, 1.807) is 0 Å². The number of hydrogen-bond donors (Lipinski definition) is 1. The monoisotopic (exact) mass is 220 g/mol. The lowest BCUT2D eigenvalue weighted by atomic mass is 10.0. The molecule has 0 heterocycles. The Bertz CT molecular complexity index is 204. The van der Waals surface area contributed by atoms with Gasteiger partial charge in [-0.15, -0.1) is 0 Å². The van der Waals surface area contributed by atoms with Crippen molar-refractivity contribution in [2.24, 2.45) is 5.92 Å². The highest BCUT2D eigenvalue weighted by molar-refractivity contribution is 7.56. The molecule has 0 radical (unpaired) electrons. The molecule has 0 fully saturated rings. The summed E-state index contributed by atoms with van der Waals surface area (Å²) in [6.45, 7) is 7.82. The third kappa shape index (κ3) is 6.36. The van der Waals surface area contributed by atoms with Gasteiger partial charge in [0.1, 0.15) is 0 Å². The Kier molecular flexibility index (Phi) is 7.16. The van der Waals surface area contributed by atoms with Crippen molar-refractivity contribution in [1.82, 2.24) is 0 Å². The maximum absolute atomic E-state index is 11.1. The van der Waals surface area contributed by atoms with E-state index in [0.717, 1.165) is 31.5 Å². The first-order valence-corrected chi connectivity index (χ1v) is 6.81. The van der Waals surface area contributed by atoms with Gasteiger partial charge in [-0.2, -0.15) is 0 Å². The van der Waals surface area contributed by atoms with Crippen LogP contribution in [0, 0.1) is 5.92 Å². The SMILES string of the molecule is C=CP(=O)(O)OCC(CC)CCCC. The van der Waals surface area contributed by atoms with E-state index in [-0.39, 0.29) is 0 Å². The van der Waals surface area contributed by atoms with Gasteiger partial charge in [-0.1, -0.05) is 39.7 Å². The second kappa shape index (κ2) is 7.22. The van der Waals surface area contributed by atoms with E-state index in [1.807, 2.05) is 0 Å². The number of hydrogen-bond acceptors (Lipinski definition) is 2. The summed E-state index contributed by atoms with van der Waals surface area (Å²) < 4.78 is 16.0. The van der Waals surface area contributed by atoms with Crippen LogP contribution in [-0.4, -0.2) is 11.5 Å². The molecule has 14 heavy (non-hydrogen) atoms. The van der Waals surface area contributed by atoms with E-state index in [4.69, 9.17) is 9.42 Å². The predicted octanol–water partition coefficient (Wildman–Crippen LogP) is 3.55. The molecule has 0 amide bonds. The molecule has 4 heteroatoms. The summed E-state index contributed by atoms with van der Waals surface area (Å²) in [4.78, 5) is 9.11. The van der Waals surface area contributed by atoms with Crippen molar-refractivity contribution >= 4 is 7.60 Å². The molecule has 0 saturated carbocycles. The highest BCUT2D eigenvalue weighted by atomic mass is 31.2. The summed E-state index contributed by atoms with van der Waals surface area (Å²) in [7, 11) is -3.51. The van der Waals surface area contributed by atoms with Crippen LogP contribution < -0.4 is 0 Å². The van der Waals surface area contributed by atoms with Crippen molar-refractivity contribution in [3.05, 3.63) is 12.4 Å². The summed E-state index contributed by atoms with van der Waals surface area (Å²) in [5.74, 6) is 1.37. The van der Waals surface area contributed by atoms with E-state index < -0.39 is 7.60 Å². The molecule has 0 bridgehead atoms. The van der Waals surface area contributed by atoms with Gasteiger partial charge < -0.3 is 9.42 Å². The van der Waals surface area contributed by atoms with Crippen molar-refractivity contribution in [3.8, 4) is 0 Å². The highest BCUT2D eigenvalue weighted by Crippen LogP contribution is 2.43. The molecule has 2 atom stereocenters. The lowest BCUT2D eigenvalue weighted by molar-refractivity contribution is 0.209. The zero-order valence-electron chi connectivity index (χ0n) is 9.11. The fraction of sp³-hybridized carbons (Fsp3) is 0.800. The van der Waals surface area contributed by atoms with Gasteiger partial charge in [0.15, 0.2) is 0 Å². The van der Waals surface area contributed by atoms with Crippen LogP contribution in [0.4, 0.5) is 0 Å². The Morgan fingerprint density at radius 1 is 1.57 bits per heavy atom. The van der Waals surface area contributed by atoms with Gasteiger partial charge in [-0.05, 0) is 12.3 Å². The van der Waals surface area contributed by atoms with Crippen molar-refractivity contribution in [3.63, 3.8) is 0 Å². The van der Waals surface area contributed by atoms with Crippen LogP contribution in [0.2, 0.25) is 0 Å². The average Bonchev–Trinajstić information content (AvgIpc) is 2.18. The van der Waals surface area contributed by atoms with Crippen LogP contribution in [0.25, 0.3) is 0 Å². The minimum Gasteiger partial charge on any atom is -0.321 e. The van der Waals surface area contributed by atoms with Gasteiger partial charge in [0, 0.05) is 5.82 Å². The van der Waals surface area contributed by atoms with Crippen LogP contribution in [0.3, 0.4) is 0 Å². The van der Waals surface area contributed by atoms with Crippen molar-refractivity contribution < 1.29 is 14.0 Å². The molecular formula is C10H21O3P. The Hall–Kier alpha value is -0.110. The van der Waals surface area contributed by atoms with E-state index in [9.17, 15) is 4.57 Å². The molecule has 0 aromatic carbocycles. The first-order chi connectivity index (χ1) is 6.55. The molecule has 0 aromatic heterocycles. The molecular weight excluding hydrogens is 199 g/mol. The second-order valence-electron chi connectivity index (χ2n) is 3.46. The highest BCUT2D eigenvalue weighted by Gasteiger charge is 2.16. The molecule has 0 aliphatic carbocycles. The smallest absolute Gasteiger partial charge is 0.321 e. The Balaban J connectivity index is 3.83. The molecule has 3 nitrogen and oxygen atoms in total. The molecule has 0 aliphatic heterocycles. The van der Waals surface area contributed by atoms with Gasteiger partial charge in [0.2, 0.25) is 0 Å². The minimum atomic E-state index is -3.51. The molecule has 0 aliphatic rings. The van der Waals surface area contributed by atoms with E-state index >= 15 is 0 Å². The quantitative estimate of drug-likeness (QED) is 0.636. The maximum atomic E-state index is 11.1. The molecule has 1 N–H and O–H groups in total. The van der Waals surface area contributed by atoms with E-state index in [0.29, 0.717) is 12.5 Å². The first kappa shape index (κ1) is 13.9. The van der Waals surface area contributed by atoms with E-state index in [1.165, 1.54) is 0 Å². The van der Waals surface area contributed by atoms with Crippen molar-refractivity contribution in [1.29, 1.82) is 0 Å². The fourth-order valence-corrected chi connectivity index (χ4v) is 1.69. The largest absolute Gasteiger partial charge is 0.351 e. The standard InChI is InChI=1S/C10H21O3P/c1-4-7-8-10(5-2)9-13-14(11,12)6-3/h6,10H,3-5,7-9H2,1-2H3,(H,11,12). The van der Waals surface area contributed by atoms with Gasteiger partial charge in [-0.3, -0.25) is 4.57 Å². The summed E-state index contributed by atoms with van der Waals surface area (Å²) >= 11 is 0. The molecule has 84 valence electrons. The average molecular weight is 220 g/mol. The molecule has 2 unspecified atom stereocenters. The van der Waals surface area contributed by atoms with Gasteiger partial charge in [0.25, 0.3) is 0 Å². The Morgan fingerprint density at radius 2 is 2.21 bits per heavy atom. The third-order valence-electron chi connectivity index (χ3n) is 2.27. The van der Waals surface area contributed by atoms with Crippen LogP contribution in [-0.2, 0) is 9.09 Å². The molecule has 0 spiro atoms. The topological polar surface area (TPSA) is 46.5 Å². The zero-order valence-corrected chi connectivity index (χ0v) is 10.0. The van der Waals surface area contributed by atoms with Crippen LogP contribution in [0.1, 0.15) is 39.5 Å². The number of rotatable bonds is 8. The maximum Gasteiger partial charge on any atom is 0.351 e. The zero-order chi connectivity index (χ0) is 11.0. The van der Waals surface area contributed by atoms with Gasteiger partial charge in [0.05, 0.1) is 6.61 Å². The van der Waals surface area contributed by atoms with Crippen LogP contribution in [0.5, 0.6) is 0 Å². The molecule has 0 rings (SSSR count). The molecule has 0 aromatic rings. The third-order valence-corrected chi connectivity index (χ3v) is 3.25. The normalized spacial score (nSPS) is 17.4. The minimum absolute atomic E-state index is 0.357. The van der Waals surface area contributed by atoms with Crippen molar-refractivity contribution in [2.45, 2.75) is 39.5 Å². The lowest BCUT2D eigenvalue weighted by Gasteiger charge is -2.15. The predicted molar refractivity (Wildman–Crippen MR) is 59.3 cm³/mol. The van der Waals surface area contributed by atoms with Crippen LogP contribution in [0.15, 0.2) is 12.4 Å². The summed E-state index contributed by atoms with van der Waals surface area (Å²) in [5, 5.41) is 0. The second-order valence-corrected chi connectivity index (χ2v) is 5.21. The fourth-order valence-electron chi connectivity index (χ4n) is 1.16. The van der Waals surface area contributed by atoms with Gasteiger partial charge in [-0.25, -0.2) is 0 Å². The summed E-state index contributed by atoms with van der Waals surface area (Å²) in [6.07, 6.45) is 4.34. The van der Waals surface area contributed by atoms with Gasteiger partial charge >= 0.3 is 7.60 Å². The van der Waals surface area contributed by atoms with Crippen molar-refractivity contribution in [2.75, 3.05) is 6.61 Å².